The quantitative estimate of drug-likeness (QED) is 0.733. The second-order valence-corrected chi connectivity index (χ2v) is 6.20. The van der Waals surface area contributed by atoms with E-state index in [0.29, 0.717) is 10.5 Å². The molecule has 2 N–H and O–H groups in total. The van der Waals surface area contributed by atoms with E-state index in [2.05, 4.69) is 39.2 Å². The smallest absolute Gasteiger partial charge is 0.252 e. The van der Waals surface area contributed by atoms with Crippen LogP contribution in [0.3, 0.4) is 0 Å². The molecule has 0 fully saturated rings. The fourth-order valence-electron chi connectivity index (χ4n) is 1.51. The van der Waals surface area contributed by atoms with E-state index >= 15 is 0 Å². The Balaban J connectivity index is 2.73. The van der Waals surface area contributed by atoms with Gasteiger partial charge in [0, 0.05) is 23.0 Å². The molecule has 1 aromatic carbocycles. The molecule has 0 saturated carbocycles. The van der Waals surface area contributed by atoms with Gasteiger partial charge in [0.25, 0.3) is 5.91 Å². The largest absolute Gasteiger partial charge is 0.359 e. The van der Waals surface area contributed by atoms with Crippen molar-refractivity contribution < 1.29 is 9.59 Å². The summed E-state index contributed by atoms with van der Waals surface area (Å²) in [5.74, 6) is -0.357. The highest BCUT2D eigenvalue weighted by atomic mass is 79.9. The SMILES string of the molecule is CNC(=O)C(C)(C)CNC(=O)c1ccc(Br)cc1S. The van der Waals surface area contributed by atoms with E-state index < -0.39 is 5.41 Å². The molecule has 4 nitrogen and oxygen atoms in total. The van der Waals surface area contributed by atoms with Gasteiger partial charge in [-0.15, -0.1) is 12.6 Å². The lowest BCUT2D eigenvalue weighted by Gasteiger charge is -2.23. The van der Waals surface area contributed by atoms with E-state index in [1.807, 2.05) is 0 Å². The molecule has 0 saturated heterocycles. The van der Waals surface area contributed by atoms with Crippen molar-refractivity contribution in [1.29, 1.82) is 0 Å². The Morgan fingerprint density at radius 2 is 2.00 bits per heavy atom. The van der Waals surface area contributed by atoms with E-state index in [0.717, 1.165) is 4.47 Å². The molecule has 2 amide bonds. The number of carbonyl (C=O) groups excluding carboxylic acids is 2. The summed E-state index contributed by atoms with van der Waals surface area (Å²) in [5.41, 5.74) is -0.171. The molecule has 0 aliphatic heterocycles. The Bertz CT molecular complexity index is 503. The van der Waals surface area contributed by atoms with E-state index in [4.69, 9.17) is 0 Å². The van der Waals surface area contributed by atoms with Crippen LogP contribution in [-0.2, 0) is 4.79 Å². The molecular formula is C13H17BrN2O2S. The lowest BCUT2D eigenvalue weighted by Crippen LogP contribution is -2.43. The van der Waals surface area contributed by atoms with Gasteiger partial charge in [-0.2, -0.15) is 0 Å². The van der Waals surface area contributed by atoms with Crippen LogP contribution < -0.4 is 10.6 Å². The molecule has 104 valence electrons. The zero-order valence-electron chi connectivity index (χ0n) is 11.1. The van der Waals surface area contributed by atoms with Crippen molar-refractivity contribution in [2.45, 2.75) is 18.7 Å². The molecule has 0 atom stereocenters. The molecule has 1 aromatic rings. The van der Waals surface area contributed by atoms with Crippen LogP contribution in [0.25, 0.3) is 0 Å². The third-order valence-corrected chi connectivity index (χ3v) is 3.60. The lowest BCUT2D eigenvalue weighted by atomic mass is 9.92. The van der Waals surface area contributed by atoms with Crippen molar-refractivity contribution in [1.82, 2.24) is 10.6 Å². The minimum Gasteiger partial charge on any atom is -0.359 e. The summed E-state index contributed by atoms with van der Waals surface area (Å²) in [4.78, 5) is 24.2. The number of hydrogen-bond donors (Lipinski definition) is 3. The number of rotatable bonds is 4. The molecule has 0 aliphatic carbocycles. The molecule has 0 spiro atoms. The Morgan fingerprint density at radius 1 is 1.37 bits per heavy atom. The van der Waals surface area contributed by atoms with Gasteiger partial charge in [0.1, 0.15) is 0 Å². The minimum atomic E-state index is -0.656. The van der Waals surface area contributed by atoms with Crippen LogP contribution in [0.15, 0.2) is 27.6 Å². The van der Waals surface area contributed by atoms with Crippen LogP contribution in [0, 0.1) is 5.41 Å². The summed E-state index contributed by atoms with van der Waals surface area (Å²) in [6.07, 6.45) is 0. The van der Waals surface area contributed by atoms with Gasteiger partial charge in [0.05, 0.1) is 11.0 Å². The summed E-state index contributed by atoms with van der Waals surface area (Å²) in [6, 6.07) is 5.22. The number of benzene rings is 1. The van der Waals surface area contributed by atoms with E-state index in [1.165, 1.54) is 0 Å². The van der Waals surface area contributed by atoms with Gasteiger partial charge >= 0.3 is 0 Å². The number of hydrogen-bond acceptors (Lipinski definition) is 3. The summed E-state index contributed by atoms with van der Waals surface area (Å²) in [7, 11) is 1.58. The zero-order valence-corrected chi connectivity index (χ0v) is 13.6. The van der Waals surface area contributed by atoms with Crippen molar-refractivity contribution >= 4 is 40.4 Å². The topological polar surface area (TPSA) is 58.2 Å². The van der Waals surface area contributed by atoms with Crippen molar-refractivity contribution in [3.8, 4) is 0 Å². The molecule has 0 radical (unpaired) electrons. The van der Waals surface area contributed by atoms with Crippen molar-refractivity contribution in [3.05, 3.63) is 28.2 Å². The van der Waals surface area contributed by atoms with Gasteiger partial charge in [-0.05, 0) is 32.0 Å². The first kappa shape index (κ1) is 16.0. The average Bonchev–Trinajstić information content (AvgIpc) is 2.35. The maximum absolute atomic E-state index is 12.0. The average molecular weight is 345 g/mol. The first-order valence-corrected chi connectivity index (χ1v) is 7.01. The van der Waals surface area contributed by atoms with Crippen LogP contribution in [0.2, 0.25) is 0 Å². The first-order chi connectivity index (χ1) is 8.77. The van der Waals surface area contributed by atoms with Gasteiger partial charge in [0.2, 0.25) is 5.91 Å². The van der Waals surface area contributed by atoms with Crippen molar-refractivity contribution in [3.63, 3.8) is 0 Å². The first-order valence-electron chi connectivity index (χ1n) is 5.77. The normalized spacial score (nSPS) is 11.0. The lowest BCUT2D eigenvalue weighted by molar-refractivity contribution is -0.128. The van der Waals surface area contributed by atoms with Crippen LogP contribution >= 0.6 is 28.6 Å². The van der Waals surface area contributed by atoms with E-state index in [9.17, 15) is 9.59 Å². The van der Waals surface area contributed by atoms with Crippen LogP contribution in [0.5, 0.6) is 0 Å². The fourth-order valence-corrected chi connectivity index (χ4v) is 2.37. The summed E-state index contributed by atoms with van der Waals surface area (Å²) in [6.45, 7) is 3.80. The Labute approximate surface area is 126 Å². The highest BCUT2D eigenvalue weighted by molar-refractivity contribution is 9.10. The number of carbonyl (C=O) groups is 2. The maximum Gasteiger partial charge on any atom is 0.252 e. The van der Waals surface area contributed by atoms with Crippen molar-refractivity contribution in [2.75, 3.05) is 13.6 Å². The predicted molar refractivity (Wildman–Crippen MR) is 81.6 cm³/mol. The molecule has 19 heavy (non-hydrogen) atoms. The molecular weight excluding hydrogens is 328 g/mol. The van der Waals surface area contributed by atoms with Gasteiger partial charge in [-0.3, -0.25) is 9.59 Å². The molecule has 6 heteroatoms. The molecule has 0 unspecified atom stereocenters. The number of amides is 2. The highest BCUT2D eigenvalue weighted by Gasteiger charge is 2.27. The molecule has 1 rings (SSSR count). The van der Waals surface area contributed by atoms with E-state index in [1.54, 1.807) is 39.1 Å². The standard InChI is InChI=1S/C13H17BrN2O2S/c1-13(2,12(18)15-3)7-16-11(17)9-5-4-8(14)6-10(9)19/h4-6,19H,7H2,1-3H3,(H,15,18)(H,16,17). The Hall–Kier alpha value is -1.01. The number of thiol groups is 1. The molecule has 0 heterocycles. The molecule has 0 aromatic heterocycles. The zero-order chi connectivity index (χ0) is 14.6. The van der Waals surface area contributed by atoms with E-state index in [-0.39, 0.29) is 18.4 Å². The predicted octanol–water partition coefficient (Wildman–Crippen LogP) is 2.24. The second-order valence-electron chi connectivity index (χ2n) is 4.81. The van der Waals surface area contributed by atoms with Crippen LogP contribution in [0.1, 0.15) is 24.2 Å². The van der Waals surface area contributed by atoms with Gasteiger partial charge in [-0.25, -0.2) is 0 Å². The minimum absolute atomic E-state index is 0.116. The van der Waals surface area contributed by atoms with Crippen LogP contribution in [-0.4, -0.2) is 25.4 Å². The van der Waals surface area contributed by atoms with Gasteiger partial charge in [-0.1, -0.05) is 15.9 Å². The third kappa shape index (κ3) is 4.24. The fraction of sp³-hybridized carbons (Fsp3) is 0.385. The summed E-state index contributed by atoms with van der Waals surface area (Å²) < 4.78 is 0.861. The Kier molecular flexibility index (Phi) is 5.43. The van der Waals surface area contributed by atoms with Gasteiger partial charge < -0.3 is 10.6 Å². The molecule has 0 bridgehead atoms. The summed E-state index contributed by atoms with van der Waals surface area (Å²) in [5, 5.41) is 5.33. The monoisotopic (exact) mass is 344 g/mol. The summed E-state index contributed by atoms with van der Waals surface area (Å²) >= 11 is 7.57. The van der Waals surface area contributed by atoms with Crippen molar-refractivity contribution in [2.24, 2.45) is 5.41 Å². The highest BCUT2D eigenvalue weighted by Crippen LogP contribution is 2.20. The maximum atomic E-state index is 12.0. The second kappa shape index (κ2) is 6.43. The van der Waals surface area contributed by atoms with Gasteiger partial charge in [0.15, 0.2) is 0 Å². The molecule has 0 aliphatic rings. The number of halogens is 1. The Morgan fingerprint density at radius 3 is 2.53 bits per heavy atom. The van der Waals surface area contributed by atoms with Crippen LogP contribution in [0.4, 0.5) is 0 Å². The third-order valence-electron chi connectivity index (χ3n) is 2.74. The number of nitrogens with one attached hydrogen (secondary N) is 2.